The number of nitrogen functional groups attached to an aromatic ring is 1. The molecule has 0 aliphatic heterocycles. The summed E-state index contributed by atoms with van der Waals surface area (Å²) in [6, 6.07) is 3.65. The predicted molar refractivity (Wildman–Crippen MR) is 79.0 cm³/mol. The minimum atomic E-state index is -4.08. The Hall–Kier alpha value is -1.24. The van der Waals surface area contributed by atoms with Crippen molar-refractivity contribution >= 4 is 32.7 Å². The summed E-state index contributed by atoms with van der Waals surface area (Å²) in [5.41, 5.74) is 7.98. The Bertz CT molecular complexity index is 657. The molecule has 1 fully saturated rings. The smallest absolute Gasteiger partial charge is 0.391 e. The number of hydrogen-bond donors (Lipinski definition) is 2. The van der Waals surface area contributed by atoms with Gasteiger partial charge >= 0.3 is 6.18 Å². The molecule has 2 aromatic rings. The number of halogens is 4. The lowest BCUT2D eigenvalue weighted by Gasteiger charge is -2.28. The maximum atomic E-state index is 12.7. The van der Waals surface area contributed by atoms with Crippen LogP contribution >= 0.6 is 15.9 Å². The second-order valence-electron chi connectivity index (χ2n) is 5.60. The first-order valence-electron chi connectivity index (χ1n) is 6.86. The van der Waals surface area contributed by atoms with Crippen LogP contribution in [0.3, 0.4) is 0 Å². The van der Waals surface area contributed by atoms with Gasteiger partial charge in [-0.05, 0) is 37.8 Å². The van der Waals surface area contributed by atoms with Crippen LogP contribution in [0, 0.1) is 5.92 Å². The summed E-state index contributed by atoms with van der Waals surface area (Å²) >= 11 is 3.37. The van der Waals surface area contributed by atoms with E-state index in [2.05, 4.69) is 25.9 Å². The largest absolute Gasteiger partial charge is 0.397 e. The molecule has 0 unspecified atom stereocenters. The summed E-state index contributed by atoms with van der Waals surface area (Å²) in [4.78, 5) is 7.68. The fraction of sp³-hybridized carbons (Fsp3) is 0.500. The van der Waals surface area contributed by atoms with Gasteiger partial charge in [-0.25, -0.2) is 4.98 Å². The molecule has 0 bridgehead atoms. The van der Waals surface area contributed by atoms with E-state index >= 15 is 0 Å². The zero-order chi connectivity index (χ0) is 15.2. The molecule has 3 nitrogen and oxygen atoms in total. The van der Waals surface area contributed by atoms with Crippen molar-refractivity contribution in [2.45, 2.75) is 37.8 Å². The Morgan fingerprint density at radius 1 is 1.19 bits per heavy atom. The maximum Gasteiger partial charge on any atom is 0.391 e. The fourth-order valence-electron chi connectivity index (χ4n) is 3.01. The highest BCUT2D eigenvalue weighted by Crippen LogP contribution is 2.42. The lowest BCUT2D eigenvalue weighted by atomic mass is 9.81. The van der Waals surface area contributed by atoms with Gasteiger partial charge < -0.3 is 10.7 Å². The van der Waals surface area contributed by atoms with Crippen molar-refractivity contribution < 1.29 is 13.2 Å². The zero-order valence-corrected chi connectivity index (χ0v) is 12.8. The van der Waals surface area contributed by atoms with Crippen LogP contribution in [0.5, 0.6) is 0 Å². The first-order valence-corrected chi connectivity index (χ1v) is 7.65. The molecule has 0 radical (unpaired) electrons. The average Bonchev–Trinajstić information content (AvgIpc) is 2.82. The van der Waals surface area contributed by atoms with Crippen LogP contribution in [0.15, 0.2) is 16.6 Å². The molecule has 0 amide bonds. The monoisotopic (exact) mass is 361 g/mol. The predicted octanol–water partition coefficient (Wildman–Crippen LogP) is 4.74. The van der Waals surface area contributed by atoms with Crippen molar-refractivity contribution in [1.29, 1.82) is 0 Å². The lowest BCUT2D eigenvalue weighted by Crippen LogP contribution is -2.27. The van der Waals surface area contributed by atoms with Gasteiger partial charge in [0.15, 0.2) is 0 Å². The molecule has 1 heterocycles. The van der Waals surface area contributed by atoms with Gasteiger partial charge in [0.2, 0.25) is 0 Å². The van der Waals surface area contributed by atoms with E-state index in [1.165, 1.54) is 0 Å². The molecular weight excluding hydrogens is 347 g/mol. The highest BCUT2D eigenvalue weighted by atomic mass is 79.9. The van der Waals surface area contributed by atoms with Gasteiger partial charge in [-0.1, -0.05) is 15.9 Å². The summed E-state index contributed by atoms with van der Waals surface area (Å²) in [5.74, 6) is -0.373. The third kappa shape index (κ3) is 2.88. The molecular formula is C14H15BrF3N3. The number of benzene rings is 1. The number of anilines is 1. The first kappa shape index (κ1) is 14.7. The van der Waals surface area contributed by atoms with E-state index in [9.17, 15) is 13.2 Å². The van der Waals surface area contributed by atoms with E-state index in [0.29, 0.717) is 24.0 Å². The van der Waals surface area contributed by atoms with Crippen LogP contribution < -0.4 is 5.73 Å². The Morgan fingerprint density at radius 2 is 1.86 bits per heavy atom. The van der Waals surface area contributed by atoms with Crippen LogP contribution in [-0.4, -0.2) is 16.1 Å². The summed E-state index contributed by atoms with van der Waals surface area (Å²) in [6.45, 7) is 0. The van der Waals surface area contributed by atoms with Crippen LogP contribution in [0.2, 0.25) is 0 Å². The Labute approximate surface area is 128 Å². The van der Waals surface area contributed by atoms with Crippen LogP contribution in [-0.2, 0) is 0 Å². The van der Waals surface area contributed by atoms with Crippen LogP contribution in [0.1, 0.15) is 37.4 Å². The van der Waals surface area contributed by atoms with Crippen LogP contribution in [0.4, 0.5) is 18.9 Å². The summed E-state index contributed by atoms with van der Waals surface area (Å²) in [6.07, 6.45) is -2.72. The molecule has 0 saturated heterocycles. The molecule has 7 heteroatoms. The van der Waals surface area contributed by atoms with E-state index in [0.717, 1.165) is 15.8 Å². The molecule has 0 spiro atoms. The van der Waals surface area contributed by atoms with Crippen molar-refractivity contribution in [3.05, 3.63) is 22.4 Å². The Kier molecular flexibility index (Phi) is 3.63. The molecule has 1 aromatic carbocycles. The number of alkyl halides is 3. The number of aromatic nitrogens is 2. The van der Waals surface area contributed by atoms with Gasteiger partial charge in [-0.3, -0.25) is 0 Å². The zero-order valence-electron chi connectivity index (χ0n) is 11.2. The van der Waals surface area contributed by atoms with E-state index in [1.54, 1.807) is 6.07 Å². The van der Waals surface area contributed by atoms with Gasteiger partial charge in [0.25, 0.3) is 0 Å². The van der Waals surface area contributed by atoms with E-state index in [4.69, 9.17) is 5.73 Å². The number of aromatic amines is 1. The van der Waals surface area contributed by atoms with E-state index in [-0.39, 0.29) is 18.8 Å². The third-order valence-electron chi connectivity index (χ3n) is 4.18. The number of nitrogens with zero attached hydrogens (tertiary/aromatic N) is 1. The van der Waals surface area contributed by atoms with Crippen molar-refractivity contribution in [2.24, 2.45) is 5.92 Å². The highest BCUT2D eigenvalue weighted by Gasteiger charge is 2.41. The number of fused-ring (bicyclic) bond motifs is 1. The number of rotatable bonds is 1. The molecule has 1 aliphatic carbocycles. The topological polar surface area (TPSA) is 54.7 Å². The van der Waals surface area contributed by atoms with E-state index in [1.807, 2.05) is 6.07 Å². The summed E-state index contributed by atoms with van der Waals surface area (Å²) < 4.78 is 38.9. The average molecular weight is 362 g/mol. The van der Waals surface area contributed by atoms with Gasteiger partial charge in [0.1, 0.15) is 11.3 Å². The number of H-pyrrole nitrogens is 1. The van der Waals surface area contributed by atoms with Crippen molar-refractivity contribution in [2.75, 3.05) is 5.73 Å². The molecule has 1 saturated carbocycles. The normalized spacial score (nSPS) is 23.6. The molecule has 114 valence electrons. The molecule has 1 aromatic heterocycles. The molecule has 0 atom stereocenters. The van der Waals surface area contributed by atoms with Gasteiger partial charge in [0.05, 0.1) is 17.1 Å². The molecule has 3 rings (SSSR count). The number of nitrogens with one attached hydrogen (secondary N) is 1. The second kappa shape index (κ2) is 5.19. The van der Waals surface area contributed by atoms with Crippen molar-refractivity contribution in [3.8, 4) is 0 Å². The molecule has 1 aliphatic rings. The standard InChI is InChI=1S/C14H15BrF3N3/c15-9-5-10(19)12-11(6-9)20-13(21-12)7-1-3-8(4-2-7)14(16,17)18/h5-8H,1-4,19H2,(H,20,21). The maximum absolute atomic E-state index is 12.7. The van der Waals surface area contributed by atoms with Crippen molar-refractivity contribution in [3.63, 3.8) is 0 Å². The SMILES string of the molecule is Nc1cc(Br)cc2[nH]c(C3CCC(C(F)(F)F)CC3)nc12. The number of imidazole rings is 1. The molecule has 21 heavy (non-hydrogen) atoms. The fourth-order valence-corrected chi connectivity index (χ4v) is 3.49. The highest BCUT2D eigenvalue weighted by molar-refractivity contribution is 9.10. The number of nitrogens with two attached hydrogens (primary N) is 1. The summed E-state index contributed by atoms with van der Waals surface area (Å²) in [7, 11) is 0. The van der Waals surface area contributed by atoms with Gasteiger partial charge in [-0.2, -0.15) is 13.2 Å². The Morgan fingerprint density at radius 3 is 2.48 bits per heavy atom. The Balaban J connectivity index is 1.81. The van der Waals surface area contributed by atoms with Crippen molar-refractivity contribution in [1.82, 2.24) is 9.97 Å². The third-order valence-corrected chi connectivity index (χ3v) is 4.63. The minimum absolute atomic E-state index is 0.0502. The first-order chi connectivity index (χ1) is 9.84. The molecule has 3 N–H and O–H groups in total. The van der Waals surface area contributed by atoms with Crippen LogP contribution in [0.25, 0.3) is 11.0 Å². The second-order valence-corrected chi connectivity index (χ2v) is 6.52. The quantitative estimate of drug-likeness (QED) is 0.720. The summed E-state index contributed by atoms with van der Waals surface area (Å²) in [5, 5.41) is 0. The van der Waals surface area contributed by atoms with Gasteiger partial charge in [0, 0.05) is 10.4 Å². The van der Waals surface area contributed by atoms with E-state index < -0.39 is 12.1 Å². The minimum Gasteiger partial charge on any atom is -0.397 e. The number of hydrogen-bond acceptors (Lipinski definition) is 2. The lowest BCUT2D eigenvalue weighted by molar-refractivity contribution is -0.182. The van der Waals surface area contributed by atoms with Gasteiger partial charge in [-0.15, -0.1) is 0 Å².